The van der Waals surface area contributed by atoms with Crippen molar-refractivity contribution in [1.29, 1.82) is 0 Å². The average molecular weight is 337 g/mol. The molecule has 0 bridgehead atoms. The minimum atomic E-state index is -3.74. The van der Waals surface area contributed by atoms with Crippen LogP contribution in [0.25, 0.3) is 0 Å². The van der Waals surface area contributed by atoms with Crippen LogP contribution in [0.3, 0.4) is 0 Å². The molecule has 1 fully saturated rings. The van der Waals surface area contributed by atoms with Gasteiger partial charge in [0.2, 0.25) is 10.0 Å². The summed E-state index contributed by atoms with van der Waals surface area (Å²) in [5, 5.41) is 9.25. The highest BCUT2D eigenvalue weighted by Crippen LogP contribution is 2.34. The summed E-state index contributed by atoms with van der Waals surface area (Å²) in [5.74, 6) is -0.930. The van der Waals surface area contributed by atoms with E-state index < -0.39 is 21.4 Å². The van der Waals surface area contributed by atoms with Gasteiger partial charge < -0.3 is 5.11 Å². The van der Waals surface area contributed by atoms with Crippen LogP contribution in [0.1, 0.15) is 42.1 Å². The van der Waals surface area contributed by atoms with Crippen LogP contribution in [0.5, 0.6) is 0 Å². The van der Waals surface area contributed by atoms with Crippen LogP contribution < -0.4 is 0 Å². The lowest BCUT2D eigenvalue weighted by molar-refractivity contribution is -0.146. The molecule has 2 aliphatic rings. The number of carbonyl (C=O) groups is 2. The number of nitrogens with zero attached hydrogens (tertiary/aromatic N) is 1. The lowest BCUT2D eigenvalue weighted by Gasteiger charge is -2.21. The summed E-state index contributed by atoms with van der Waals surface area (Å²) < 4.78 is 26.8. The topological polar surface area (TPSA) is 91.8 Å². The van der Waals surface area contributed by atoms with Crippen molar-refractivity contribution in [3.63, 3.8) is 0 Å². The molecule has 1 N–H and O–H groups in total. The van der Waals surface area contributed by atoms with E-state index in [1.165, 1.54) is 10.4 Å². The van der Waals surface area contributed by atoms with Gasteiger partial charge in [0.05, 0.1) is 10.3 Å². The predicted octanol–water partition coefficient (Wildman–Crippen LogP) is 1.69. The van der Waals surface area contributed by atoms with Crippen LogP contribution >= 0.6 is 0 Å². The third-order valence-corrected chi connectivity index (χ3v) is 6.66. The van der Waals surface area contributed by atoms with Crippen molar-refractivity contribution in [3.05, 3.63) is 29.3 Å². The molecule has 0 radical (unpaired) electrons. The number of aryl methyl sites for hydroxylation is 1. The Morgan fingerprint density at radius 2 is 2.04 bits per heavy atom. The normalized spacial score (nSPS) is 25.3. The molecule has 1 heterocycles. The van der Waals surface area contributed by atoms with Crippen LogP contribution in [-0.4, -0.2) is 42.7 Å². The molecule has 0 amide bonds. The van der Waals surface area contributed by atoms with Gasteiger partial charge >= 0.3 is 5.97 Å². The molecule has 23 heavy (non-hydrogen) atoms. The van der Waals surface area contributed by atoms with Gasteiger partial charge in [0.1, 0.15) is 0 Å². The van der Waals surface area contributed by atoms with E-state index in [0.717, 1.165) is 12.0 Å². The number of fused-ring (bicyclic) bond motifs is 1. The van der Waals surface area contributed by atoms with Gasteiger partial charge in [0, 0.05) is 25.1 Å². The van der Waals surface area contributed by atoms with Crippen LogP contribution in [0.15, 0.2) is 23.1 Å². The van der Waals surface area contributed by atoms with Gasteiger partial charge in [-0.2, -0.15) is 4.31 Å². The van der Waals surface area contributed by atoms with Crippen molar-refractivity contribution in [2.45, 2.75) is 37.5 Å². The number of aliphatic carboxylic acids is 1. The van der Waals surface area contributed by atoms with E-state index in [-0.39, 0.29) is 23.8 Å². The molecular formula is C16H19NO5S. The molecule has 1 aromatic carbocycles. The van der Waals surface area contributed by atoms with Gasteiger partial charge in [0.25, 0.3) is 0 Å². The summed E-state index contributed by atoms with van der Waals surface area (Å²) in [6.07, 6.45) is 2.22. The molecule has 1 atom stereocenters. The Labute approximate surface area is 135 Å². The first-order chi connectivity index (χ1) is 10.7. The van der Waals surface area contributed by atoms with E-state index >= 15 is 0 Å². The molecule has 1 aliphatic carbocycles. The van der Waals surface area contributed by atoms with Crippen molar-refractivity contribution in [2.75, 3.05) is 13.1 Å². The minimum absolute atomic E-state index is 0.0271. The summed E-state index contributed by atoms with van der Waals surface area (Å²) in [4.78, 5) is 23.3. The number of carboxylic acids is 1. The van der Waals surface area contributed by atoms with Crippen molar-refractivity contribution in [1.82, 2.24) is 4.31 Å². The second kappa shape index (κ2) is 5.42. The zero-order valence-corrected chi connectivity index (χ0v) is 13.7. The Hall–Kier alpha value is -1.73. The number of sulfonamides is 1. The smallest absolute Gasteiger partial charge is 0.310 e. The highest BCUT2D eigenvalue weighted by Gasteiger charge is 2.45. The SMILES string of the molecule is CC1(C(=O)O)CCN(S(=O)(=O)c2ccc3c(c2)CCCC3=O)C1. The quantitative estimate of drug-likeness (QED) is 0.906. The van der Waals surface area contributed by atoms with Gasteiger partial charge in [0.15, 0.2) is 5.78 Å². The Balaban J connectivity index is 1.92. The average Bonchev–Trinajstić information content (AvgIpc) is 2.92. The fourth-order valence-electron chi connectivity index (χ4n) is 3.23. The van der Waals surface area contributed by atoms with Gasteiger partial charge in [-0.15, -0.1) is 0 Å². The van der Waals surface area contributed by atoms with Crippen LogP contribution in [0, 0.1) is 5.41 Å². The maximum Gasteiger partial charge on any atom is 0.310 e. The minimum Gasteiger partial charge on any atom is -0.481 e. The van der Waals surface area contributed by atoms with E-state index in [1.54, 1.807) is 19.1 Å². The zero-order chi connectivity index (χ0) is 16.8. The summed E-state index contributed by atoms with van der Waals surface area (Å²) in [5.41, 5.74) is 0.326. The lowest BCUT2D eigenvalue weighted by Crippen LogP contribution is -2.35. The molecule has 0 aromatic heterocycles. The van der Waals surface area contributed by atoms with Gasteiger partial charge in [-0.25, -0.2) is 8.42 Å². The lowest BCUT2D eigenvalue weighted by atomic mass is 9.90. The first-order valence-electron chi connectivity index (χ1n) is 7.64. The number of Topliss-reactive ketones (excluding diaryl/α,β-unsaturated/α-hetero) is 1. The molecule has 3 rings (SSSR count). The highest BCUT2D eigenvalue weighted by molar-refractivity contribution is 7.89. The van der Waals surface area contributed by atoms with E-state index in [0.29, 0.717) is 24.8 Å². The summed E-state index contributed by atoms with van der Waals surface area (Å²) in [6.45, 7) is 1.73. The Morgan fingerprint density at radius 3 is 2.70 bits per heavy atom. The van der Waals surface area contributed by atoms with Crippen molar-refractivity contribution < 1.29 is 23.1 Å². The highest BCUT2D eigenvalue weighted by atomic mass is 32.2. The maximum atomic E-state index is 12.8. The molecule has 0 saturated carbocycles. The number of hydrogen-bond donors (Lipinski definition) is 1. The number of benzene rings is 1. The molecule has 1 aliphatic heterocycles. The van der Waals surface area contributed by atoms with Crippen molar-refractivity contribution in [2.24, 2.45) is 5.41 Å². The maximum absolute atomic E-state index is 12.8. The first kappa shape index (κ1) is 16.1. The van der Waals surface area contributed by atoms with E-state index in [1.807, 2.05) is 0 Å². The van der Waals surface area contributed by atoms with E-state index in [4.69, 9.17) is 0 Å². The van der Waals surface area contributed by atoms with E-state index in [9.17, 15) is 23.1 Å². The fraction of sp³-hybridized carbons (Fsp3) is 0.500. The molecule has 7 heteroatoms. The molecule has 1 saturated heterocycles. The number of rotatable bonds is 3. The second-order valence-corrected chi connectivity index (χ2v) is 8.49. The Kier molecular flexibility index (Phi) is 3.80. The van der Waals surface area contributed by atoms with Crippen molar-refractivity contribution in [3.8, 4) is 0 Å². The summed E-state index contributed by atoms with van der Waals surface area (Å²) in [7, 11) is -3.74. The molecule has 6 nitrogen and oxygen atoms in total. The predicted molar refractivity (Wildman–Crippen MR) is 82.8 cm³/mol. The Bertz CT molecular complexity index is 786. The monoisotopic (exact) mass is 337 g/mol. The summed E-state index contributed by atoms with van der Waals surface area (Å²) in [6, 6.07) is 4.60. The molecule has 1 unspecified atom stereocenters. The number of carbonyl (C=O) groups excluding carboxylic acids is 1. The van der Waals surface area contributed by atoms with Crippen LogP contribution in [0.2, 0.25) is 0 Å². The van der Waals surface area contributed by atoms with Gasteiger partial charge in [-0.1, -0.05) is 0 Å². The van der Waals surface area contributed by atoms with Crippen molar-refractivity contribution >= 4 is 21.8 Å². The van der Waals surface area contributed by atoms with Gasteiger partial charge in [-0.3, -0.25) is 9.59 Å². The standard InChI is InChI=1S/C16H19NO5S/c1-16(15(19)20)7-8-17(10-16)23(21,22)12-5-6-13-11(9-12)3-2-4-14(13)18/h5-6,9H,2-4,7-8,10H2,1H3,(H,19,20). The zero-order valence-electron chi connectivity index (χ0n) is 12.9. The number of ketones is 1. The molecule has 0 spiro atoms. The first-order valence-corrected chi connectivity index (χ1v) is 9.08. The molecule has 124 valence electrons. The van der Waals surface area contributed by atoms with Crippen LogP contribution in [0.4, 0.5) is 0 Å². The third kappa shape index (κ3) is 2.68. The number of carboxylic acid groups (broad SMARTS) is 1. The largest absolute Gasteiger partial charge is 0.481 e. The van der Waals surface area contributed by atoms with Gasteiger partial charge in [-0.05, 0) is 49.9 Å². The fourth-order valence-corrected chi connectivity index (χ4v) is 4.85. The second-order valence-electron chi connectivity index (χ2n) is 6.55. The third-order valence-electron chi connectivity index (χ3n) is 4.82. The summed E-state index contributed by atoms with van der Waals surface area (Å²) >= 11 is 0. The van der Waals surface area contributed by atoms with E-state index in [2.05, 4.69) is 0 Å². The molecule has 1 aromatic rings. The van der Waals surface area contributed by atoms with Crippen LogP contribution in [-0.2, 0) is 21.2 Å². The molecular weight excluding hydrogens is 318 g/mol. The number of hydrogen-bond acceptors (Lipinski definition) is 4. The Morgan fingerprint density at radius 1 is 1.30 bits per heavy atom.